The Labute approximate surface area is 108 Å². The van der Waals surface area contributed by atoms with Crippen molar-refractivity contribution >= 4 is 0 Å². The van der Waals surface area contributed by atoms with Gasteiger partial charge in [0.05, 0.1) is 0 Å². The molecule has 0 bridgehead atoms. The number of nitrogens with two attached hydrogens (primary N) is 1. The first kappa shape index (κ1) is 15.0. The molecule has 2 N–H and O–H groups in total. The molecule has 0 amide bonds. The van der Waals surface area contributed by atoms with Gasteiger partial charge >= 0.3 is 0 Å². The summed E-state index contributed by atoms with van der Waals surface area (Å²) in [5.41, 5.74) is 6.59. The molecule has 0 saturated heterocycles. The summed E-state index contributed by atoms with van der Waals surface area (Å²) in [6.45, 7) is 14.8. The molecule has 1 atom stereocenters. The molecular weight excluding hydrogens is 208 g/mol. The molecule has 2 nitrogen and oxygen atoms in total. The van der Waals surface area contributed by atoms with E-state index in [9.17, 15) is 0 Å². The van der Waals surface area contributed by atoms with Gasteiger partial charge in [0.2, 0.25) is 0 Å². The van der Waals surface area contributed by atoms with Crippen molar-refractivity contribution in [3.63, 3.8) is 0 Å². The van der Waals surface area contributed by atoms with Gasteiger partial charge in [-0.05, 0) is 36.8 Å². The van der Waals surface area contributed by atoms with Crippen LogP contribution in [0.25, 0.3) is 0 Å². The van der Waals surface area contributed by atoms with Crippen LogP contribution in [0.3, 0.4) is 0 Å². The summed E-state index contributed by atoms with van der Waals surface area (Å²) in [5.74, 6) is 0. The Morgan fingerprint density at radius 2 is 1.94 bits per heavy atom. The van der Waals surface area contributed by atoms with Gasteiger partial charge in [0.1, 0.15) is 0 Å². The van der Waals surface area contributed by atoms with Gasteiger partial charge < -0.3 is 5.73 Å². The monoisotopic (exact) mass is 240 g/mol. The van der Waals surface area contributed by atoms with Gasteiger partial charge in [0.25, 0.3) is 0 Å². The summed E-state index contributed by atoms with van der Waals surface area (Å²) in [6, 6.07) is 0.743. The molecule has 1 rings (SSSR count). The molecule has 1 aliphatic carbocycles. The lowest BCUT2D eigenvalue weighted by atomic mass is 9.72. The van der Waals surface area contributed by atoms with Gasteiger partial charge in [0, 0.05) is 12.6 Å². The first-order chi connectivity index (χ1) is 7.82. The molecule has 0 spiro atoms. The second kappa shape index (κ2) is 5.71. The Balaban J connectivity index is 2.72. The van der Waals surface area contributed by atoms with Crippen LogP contribution in [-0.2, 0) is 0 Å². The van der Waals surface area contributed by atoms with Crippen LogP contribution in [0.4, 0.5) is 0 Å². The third kappa shape index (κ3) is 3.96. The van der Waals surface area contributed by atoms with Gasteiger partial charge in [-0.15, -0.1) is 0 Å². The zero-order valence-electron chi connectivity index (χ0n) is 12.6. The van der Waals surface area contributed by atoms with E-state index in [-0.39, 0.29) is 5.41 Å². The maximum Gasteiger partial charge on any atom is 0.0146 e. The average Bonchev–Trinajstić information content (AvgIpc) is 2.26. The van der Waals surface area contributed by atoms with Crippen LogP contribution < -0.4 is 5.73 Å². The lowest BCUT2D eigenvalue weighted by Crippen LogP contribution is -2.51. The fourth-order valence-electron chi connectivity index (χ4n) is 3.21. The molecule has 0 radical (unpaired) electrons. The van der Waals surface area contributed by atoms with E-state index in [1.165, 1.54) is 25.7 Å². The van der Waals surface area contributed by atoms with Gasteiger partial charge in [-0.25, -0.2) is 0 Å². The first-order valence-corrected chi connectivity index (χ1v) is 7.26. The quantitative estimate of drug-likeness (QED) is 0.799. The molecule has 1 fully saturated rings. The Kier molecular flexibility index (Phi) is 5.03. The molecule has 1 unspecified atom stereocenters. The largest absolute Gasteiger partial charge is 0.330 e. The predicted octanol–water partition coefficient (Wildman–Crippen LogP) is 3.26. The maximum absolute atomic E-state index is 5.88. The second-order valence-electron chi connectivity index (χ2n) is 7.18. The topological polar surface area (TPSA) is 29.3 Å². The molecule has 102 valence electrons. The summed E-state index contributed by atoms with van der Waals surface area (Å²) in [5, 5.41) is 0. The van der Waals surface area contributed by atoms with Crippen LogP contribution in [0.15, 0.2) is 0 Å². The van der Waals surface area contributed by atoms with Crippen LogP contribution in [-0.4, -0.2) is 30.6 Å². The molecular formula is C15H32N2. The molecule has 2 heteroatoms. The zero-order chi connectivity index (χ0) is 13.1. The summed E-state index contributed by atoms with van der Waals surface area (Å²) >= 11 is 0. The molecule has 17 heavy (non-hydrogen) atoms. The van der Waals surface area contributed by atoms with Crippen molar-refractivity contribution in [2.45, 2.75) is 66.3 Å². The number of nitrogens with zero attached hydrogens (tertiary/aromatic N) is 1. The fraction of sp³-hybridized carbons (Fsp3) is 1.00. The minimum absolute atomic E-state index is 0.240. The van der Waals surface area contributed by atoms with E-state index in [0.29, 0.717) is 5.41 Å². The van der Waals surface area contributed by atoms with E-state index >= 15 is 0 Å². The van der Waals surface area contributed by atoms with Crippen molar-refractivity contribution in [2.75, 3.05) is 19.6 Å². The van der Waals surface area contributed by atoms with Crippen LogP contribution in [0.5, 0.6) is 0 Å². The Bertz CT molecular complexity index is 233. The highest BCUT2D eigenvalue weighted by molar-refractivity contribution is 4.91. The Morgan fingerprint density at radius 3 is 2.41 bits per heavy atom. The van der Waals surface area contributed by atoms with E-state index in [1.807, 2.05) is 0 Å². The van der Waals surface area contributed by atoms with Crippen LogP contribution in [0.1, 0.15) is 60.3 Å². The van der Waals surface area contributed by atoms with E-state index in [2.05, 4.69) is 39.5 Å². The van der Waals surface area contributed by atoms with E-state index in [4.69, 9.17) is 5.73 Å². The van der Waals surface area contributed by atoms with E-state index < -0.39 is 0 Å². The van der Waals surface area contributed by atoms with Crippen molar-refractivity contribution in [1.29, 1.82) is 0 Å². The highest BCUT2D eigenvalue weighted by Gasteiger charge is 2.37. The number of rotatable bonds is 5. The molecule has 0 heterocycles. The maximum atomic E-state index is 5.88. The lowest BCUT2D eigenvalue weighted by molar-refractivity contribution is 0.0293. The normalized spacial score (nSPS) is 25.2. The predicted molar refractivity (Wildman–Crippen MR) is 76.1 cm³/mol. The molecule has 0 aromatic rings. The summed E-state index contributed by atoms with van der Waals surface area (Å²) in [6.07, 6.45) is 5.54. The molecule has 0 aliphatic heterocycles. The first-order valence-electron chi connectivity index (χ1n) is 7.26. The number of hydrogen-bond donors (Lipinski definition) is 1. The third-order valence-corrected chi connectivity index (χ3v) is 4.48. The van der Waals surface area contributed by atoms with E-state index in [1.54, 1.807) is 0 Å². The molecule has 1 saturated carbocycles. The third-order valence-electron chi connectivity index (χ3n) is 4.48. The minimum atomic E-state index is 0.240. The fourth-order valence-corrected chi connectivity index (χ4v) is 3.21. The summed E-state index contributed by atoms with van der Waals surface area (Å²) < 4.78 is 0. The van der Waals surface area contributed by atoms with Gasteiger partial charge in [-0.3, -0.25) is 4.90 Å². The smallest absolute Gasteiger partial charge is 0.0146 e. The minimum Gasteiger partial charge on any atom is -0.330 e. The van der Waals surface area contributed by atoms with Gasteiger partial charge in [0.15, 0.2) is 0 Å². The highest BCUT2D eigenvalue weighted by atomic mass is 15.2. The van der Waals surface area contributed by atoms with Crippen molar-refractivity contribution in [1.82, 2.24) is 4.90 Å². The van der Waals surface area contributed by atoms with Gasteiger partial charge in [-0.1, -0.05) is 47.5 Å². The van der Waals surface area contributed by atoms with Crippen LogP contribution in [0.2, 0.25) is 0 Å². The summed E-state index contributed by atoms with van der Waals surface area (Å²) in [4.78, 5) is 2.67. The van der Waals surface area contributed by atoms with Crippen molar-refractivity contribution < 1.29 is 0 Å². The van der Waals surface area contributed by atoms with E-state index in [0.717, 1.165) is 25.7 Å². The zero-order valence-corrected chi connectivity index (χ0v) is 12.6. The van der Waals surface area contributed by atoms with Crippen molar-refractivity contribution in [2.24, 2.45) is 16.6 Å². The van der Waals surface area contributed by atoms with Gasteiger partial charge in [-0.2, -0.15) is 0 Å². The van der Waals surface area contributed by atoms with Crippen molar-refractivity contribution in [3.8, 4) is 0 Å². The average molecular weight is 240 g/mol. The summed E-state index contributed by atoms with van der Waals surface area (Å²) in [7, 11) is 0. The Hall–Kier alpha value is -0.0800. The second-order valence-corrected chi connectivity index (χ2v) is 7.18. The molecule has 0 aromatic heterocycles. The lowest BCUT2D eigenvalue weighted by Gasteiger charge is -2.47. The SMILES string of the molecule is CCN(CC(C)(C)CN)C1CCCCC1(C)C. The number of hydrogen-bond acceptors (Lipinski definition) is 2. The molecule has 0 aromatic carbocycles. The van der Waals surface area contributed by atoms with Crippen LogP contribution in [0, 0.1) is 10.8 Å². The van der Waals surface area contributed by atoms with Crippen LogP contribution >= 0.6 is 0 Å². The Morgan fingerprint density at radius 1 is 1.29 bits per heavy atom. The highest BCUT2D eigenvalue weighted by Crippen LogP contribution is 2.39. The molecule has 1 aliphatic rings. The standard InChI is InChI=1S/C15H32N2/c1-6-17(12-14(2,3)11-16)13-9-7-8-10-15(13,4)5/h13H,6-12,16H2,1-5H3. The van der Waals surface area contributed by atoms with Crippen molar-refractivity contribution in [3.05, 3.63) is 0 Å².